The number of furan rings is 1. The van der Waals surface area contributed by atoms with Crippen LogP contribution in [0.5, 0.6) is 5.75 Å². The second kappa shape index (κ2) is 16.6. The molecule has 0 radical (unpaired) electrons. The number of aromatic nitrogens is 6. The van der Waals surface area contributed by atoms with Gasteiger partial charge in [-0.3, -0.25) is 9.55 Å². The molecule has 9 aromatic rings. The molecule has 0 aliphatic heterocycles. The number of para-hydroxylation sites is 1. The molecule has 0 aliphatic carbocycles. The van der Waals surface area contributed by atoms with Crippen LogP contribution in [-0.2, 0) is 26.5 Å². The fourth-order valence-electron chi connectivity index (χ4n) is 8.30. The Balaban J connectivity index is 0.00000529. The quantitative estimate of drug-likeness (QED) is 0.151. The Hall–Kier alpha value is -6.24. The molecule has 0 saturated heterocycles. The van der Waals surface area contributed by atoms with Crippen LogP contribution in [0.2, 0.25) is 0 Å². The molecule has 62 heavy (non-hydrogen) atoms. The number of benzene rings is 5. The Bertz CT molecular complexity index is 3080. The van der Waals surface area contributed by atoms with Crippen molar-refractivity contribution in [2.75, 3.05) is 0 Å². The number of rotatable bonds is 8. The Morgan fingerprint density at radius 3 is 2.05 bits per heavy atom. The van der Waals surface area contributed by atoms with Gasteiger partial charge in [0.2, 0.25) is 0 Å². The molecule has 314 valence electrons. The van der Waals surface area contributed by atoms with Crippen molar-refractivity contribution in [3.05, 3.63) is 150 Å². The first-order chi connectivity index (χ1) is 29.2. The summed E-state index contributed by atoms with van der Waals surface area (Å²) in [5, 5.41) is 12.8. The van der Waals surface area contributed by atoms with Crippen molar-refractivity contribution in [3.63, 3.8) is 0 Å². The van der Waals surface area contributed by atoms with E-state index < -0.39 is 0 Å². The summed E-state index contributed by atoms with van der Waals surface area (Å²) in [6, 6.07) is 39.4. The van der Waals surface area contributed by atoms with Gasteiger partial charge >= 0.3 is 0 Å². The number of hydrogen-bond donors (Lipinski definition) is 1. The third kappa shape index (κ3) is 7.77. The Morgan fingerprint density at radius 1 is 0.677 bits per heavy atom. The molecule has 9 rings (SSSR count). The number of phenols is 1. The van der Waals surface area contributed by atoms with E-state index >= 15 is 0 Å². The summed E-state index contributed by atoms with van der Waals surface area (Å²) in [7, 11) is 0. The molecule has 0 fully saturated rings. The maximum absolute atomic E-state index is 12.0. The molecule has 0 aliphatic rings. The molecular weight excluding hydrogens is 948 g/mol. The summed E-state index contributed by atoms with van der Waals surface area (Å²) in [5.41, 5.74) is 13.2. The third-order valence-electron chi connectivity index (χ3n) is 11.4. The third-order valence-corrected chi connectivity index (χ3v) is 11.4. The van der Waals surface area contributed by atoms with Gasteiger partial charge in [0.1, 0.15) is 17.5 Å². The smallest absolute Gasteiger partial charge is 0.176 e. The molecule has 0 spiro atoms. The van der Waals surface area contributed by atoms with Gasteiger partial charge in [0.05, 0.1) is 28.5 Å². The summed E-state index contributed by atoms with van der Waals surface area (Å²) in [6.07, 6.45) is 3.47. The van der Waals surface area contributed by atoms with Crippen molar-refractivity contribution in [1.82, 2.24) is 29.5 Å². The molecule has 0 unspecified atom stereocenters. The van der Waals surface area contributed by atoms with Gasteiger partial charge in [0.25, 0.3) is 0 Å². The zero-order valence-electron chi connectivity index (χ0n) is 36.5. The number of nitrogens with zero attached hydrogens (tertiary/aromatic N) is 6. The summed E-state index contributed by atoms with van der Waals surface area (Å²) < 4.78 is 8.10. The Labute approximate surface area is 377 Å². The number of pyridine rings is 1. The topological polar surface area (TPSA) is 103 Å². The first-order valence-corrected chi connectivity index (χ1v) is 20.9. The molecule has 0 amide bonds. The molecular formula is C53H49N6O2Pt-. The number of aryl methyl sites for hydroxylation is 2. The Morgan fingerprint density at radius 2 is 1.37 bits per heavy atom. The molecule has 1 N–H and O–H groups in total. The van der Waals surface area contributed by atoms with Gasteiger partial charge < -0.3 is 9.52 Å². The average Bonchev–Trinajstić information content (AvgIpc) is 3.88. The fraction of sp³-hybridized carbons (Fsp3) is 0.226. The number of phenolic OH excluding ortho intramolecular Hbond substituents is 1. The van der Waals surface area contributed by atoms with E-state index in [1.165, 1.54) is 0 Å². The van der Waals surface area contributed by atoms with Gasteiger partial charge in [-0.2, -0.15) is 0 Å². The van der Waals surface area contributed by atoms with Gasteiger partial charge in [0, 0.05) is 43.9 Å². The van der Waals surface area contributed by atoms with Crippen molar-refractivity contribution < 1.29 is 30.6 Å². The van der Waals surface area contributed by atoms with Crippen LogP contribution in [0.25, 0.3) is 84.0 Å². The Kier molecular flexibility index (Phi) is 11.3. The van der Waals surface area contributed by atoms with E-state index in [2.05, 4.69) is 137 Å². The minimum Gasteiger partial charge on any atom is -0.504 e. The second-order valence-corrected chi connectivity index (χ2v) is 17.6. The fourth-order valence-corrected chi connectivity index (χ4v) is 8.30. The first kappa shape index (κ1) is 42.4. The average molecular weight is 997 g/mol. The van der Waals surface area contributed by atoms with Crippen molar-refractivity contribution in [1.29, 1.82) is 0 Å². The van der Waals surface area contributed by atoms with Crippen LogP contribution in [0.4, 0.5) is 0 Å². The van der Waals surface area contributed by atoms with Gasteiger partial charge in [0.15, 0.2) is 17.2 Å². The van der Waals surface area contributed by atoms with Crippen LogP contribution in [0.1, 0.15) is 88.6 Å². The van der Waals surface area contributed by atoms with Crippen LogP contribution in [0, 0.1) is 19.9 Å². The van der Waals surface area contributed by atoms with Crippen LogP contribution >= 0.6 is 0 Å². The number of aromatic hydroxyl groups is 1. The second-order valence-electron chi connectivity index (χ2n) is 17.6. The van der Waals surface area contributed by atoms with Crippen molar-refractivity contribution >= 4 is 22.0 Å². The predicted molar refractivity (Wildman–Crippen MR) is 246 cm³/mol. The van der Waals surface area contributed by atoms with Gasteiger partial charge in [-0.05, 0) is 77.6 Å². The monoisotopic (exact) mass is 996 g/mol. The standard InChI is InChI=1S/C53H49N6O2.Pt/c1-30(2)41-16-13-17-42(31(3)4)48(41)59-46-29-39(51-56-32(5)55-33(6)57-51)27-44(47(46)58-52(59)43-19-18-35-21-23-61-50(35)49(43)60)37-24-38(26-40(25-37)53(7,8)9)45-28-36(20-22-54-45)34-14-11-10-12-15-34;/h10-23,25-31,60H,1-9H3;/q-1;. The normalized spacial score (nSPS) is 11.9. The van der Waals surface area contributed by atoms with E-state index in [0.717, 1.165) is 77.9 Å². The van der Waals surface area contributed by atoms with Crippen molar-refractivity contribution in [3.8, 4) is 67.7 Å². The first-order valence-electron chi connectivity index (χ1n) is 20.9. The molecule has 4 heterocycles. The van der Waals surface area contributed by atoms with Gasteiger partial charge in [-0.25, -0.2) is 19.9 Å². The van der Waals surface area contributed by atoms with Crippen LogP contribution in [0.3, 0.4) is 0 Å². The number of fused-ring (bicyclic) bond motifs is 2. The van der Waals surface area contributed by atoms with Crippen LogP contribution in [-0.4, -0.2) is 34.6 Å². The van der Waals surface area contributed by atoms with Gasteiger partial charge in [-0.1, -0.05) is 126 Å². The number of hydrogen-bond acceptors (Lipinski definition) is 7. The summed E-state index contributed by atoms with van der Waals surface area (Å²) >= 11 is 0. The van der Waals surface area contributed by atoms with Crippen LogP contribution < -0.4 is 0 Å². The number of imidazole rings is 1. The largest absolute Gasteiger partial charge is 0.504 e. The molecule has 8 nitrogen and oxygen atoms in total. The maximum atomic E-state index is 12.0. The molecule has 9 heteroatoms. The molecule has 0 bridgehead atoms. The minimum atomic E-state index is -0.216. The van der Waals surface area contributed by atoms with Gasteiger partial charge in [-0.15, -0.1) is 29.3 Å². The minimum absolute atomic E-state index is 0. The predicted octanol–water partition coefficient (Wildman–Crippen LogP) is 13.4. The summed E-state index contributed by atoms with van der Waals surface area (Å²) in [4.78, 5) is 24.8. The summed E-state index contributed by atoms with van der Waals surface area (Å²) in [5.74, 6) is 2.81. The van der Waals surface area contributed by atoms with E-state index in [4.69, 9.17) is 24.4 Å². The van der Waals surface area contributed by atoms with Crippen molar-refractivity contribution in [2.45, 2.75) is 79.6 Å². The van der Waals surface area contributed by atoms with E-state index in [1.54, 1.807) is 6.26 Å². The van der Waals surface area contributed by atoms with E-state index in [1.807, 2.05) is 50.4 Å². The zero-order valence-corrected chi connectivity index (χ0v) is 38.8. The maximum Gasteiger partial charge on any atom is 0.176 e. The SMILES string of the molecule is Cc1nc(C)nc(-c2cc(-c3[c-]c(-c4cc(-c5ccccc5)ccn4)cc(C(C)(C)C)c3)c3nc(-c4ccc5ccoc5c4O)n(-c4c(C(C)C)cccc4C(C)C)c3c2)n1.[Pt]. The van der Waals surface area contributed by atoms with E-state index in [0.29, 0.717) is 34.4 Å². The molecule has 0 saturated carbocycles. The molecule has 0 atom stereocenters. The zero-order chi connectivity index (χ0) is 42.7. The summed E-state index contributed by atoms with van der Waals surface area (Å²) in [6.45, 7) is 19.3. The molecule has 5 aromatic carbocycles. The van der Waals surface area contributed by atoms with E-state index in [9.17, 15) is 5.11 Å². The van der Waals surface area contributed by atoms with Crippen LogP contribution in [0.15, 0.2) is 120 Å². The van der Waals surface area contributed by atoms with E-state index in [-0.39, 0.29) is 44.1 Å². The molecule has 4 aromatic heterocycles. The van der Waals surface area contributed by atoms with Crippen molar-refractivity contribution in [2.24, 2.45) is 0 Å².